The summed E-state index contributed by atoms with van der Waals surface area (Å²) in [6.45, 7) is 2.28. The molecule has 0 aliphatic rings. The van der Waals surface area contributed by atoms with E-state index in [1.54, 1.807) is 24.4 Å². The lowest BCUT2D eigenvalue weighted by Gasteiger charge is -2.10. The Morgan fingerprint density at radius 2 is 1.93 bits per heavy atom. The molecule has 0 aliphatic heterocycles. The highest BCUT2D eigenvalue weighted by molar-refractivity contribution is 9.10. The van der Waals surface area contributed by atoms with Gasteiger partial charge in [0.25, 0.3) is 5.91 Å². The third-order valence-corrected chi connectivity index (χ3v) is 4.72. The molecule has 3 aromatic rings. The van der Waals surface area contributed by atoms with Crippen LogP contribution in [0.1, 0.15) is 12.5 Å². The molecule has 0 atom stereocenters. The number of halogens is 2. The van der Waals surface area contributed by atoms with Gasteiger partial charge in [-0.05, 0) is 57.9 Å². The Morgan fingerprint density at radius 1 is 1.14 bits per heavy atom. The standard InChI is InChI=1S/C21H18BrClN2O3/c1-2-27-19-9-7-14-5-3-4-6-16(14)17(19)12-24-25-21(26)13-28-20-10-8-15(23)11-18(20)22/h3-12H,2,13H2,1H3,(H,25,26)/b24-12-. The zero-order valence-electron chi connectivity index (χ0n) is 15.1. The lowest BCUT2D eigenvalue weighted by atomic mass is 10.0. The highest BCUT2D eigenvalue weighted by Gasteiger charge is 2.08. The van der Waals surface area contributed by atoms with Gasteiger partial charge in [0.1, 0.15) is 11.5 Å². The van der Waals surface area contributed by atoms with Crippen molar-refractivity contribution in [1.82, 2.24) is 5.43 Å². The number of hydrazone groups is 1. The molecule has 1 amide bonds. The summed E-state index contributed by atoms with van der Waals surface area (Å²) in [6, 6.07) is 16.9. The van der Waals surface area contributed by atoms with Crippen molar-refractivity contribution in [3.05, 3.63) is 69.7 Å². The Hall–Kier alpha value is -2.57. The van der Waals surface area contributed by atoms with E-state index < -0.39 is 0 Å². The summed E-state index contributed by atoms with van der Waals surface area (Å²) in [7, 11) is 0. The molecule has 3 aromatic carbocycles. The maximum atomic E-state index is 12.0. The summed E-state index contributed by atoms with van der Waals surface area (Å²) in [6.07, 6.45) is 1.59. The Morgan fingerprint density at radius 3 is 2.71 bits per heavy atom. The Labute approximate surface area is 176 Å². The summed E-state index contributed by atoms with van der Waals surface area (Å²) < 4.78 is 11.8. The molecule has 5 nitrogen and oxygen atoms in total. The SMILES string of the molecule is CCOc1ccc2ccccc2c1/C=N\NC(=O)COc1ccc(Cl)cc1Br. The number of nitrogens with one attached hydrogen (secondary N) is 1. The van der Waals surface area contributed by atoms with Crippen molar-refractivity contribution in [3.8, 4) is 11.5 Å². The van der Waals surface area contributed by atoms with Crippen LogP contribution in [-0.4, -0.2) is 25.3 Å². The lowest BCUT2D eigenvalue weighted by molar-refractivity contribution is -0.123. The second kappa shape index (κ2) is 9.57. The van der Waals surface area contributed by atoms with E-state index in [9.17, 15) is 4.79 Å². The van der Waals surface area contributed by atoms with Crippen molar-refractivity contribution >= 4 is 50.4 Å². The zero-order valence-corrected chi connectivity index (χ0v) is 17.5. The minimum Gasteiger partial charge on any atom is -0.493 e. The number of hydrogen-bond donors (Lipinski definition) is 1. The van der Waals surface area contributed by atoms with Crippen molar-refractivity contribution in [3.63, 3.8) is 0 Å². The van der Waals surface area contributed by atoms with Crippen molar-refractivity contribution in [2.45, 2.75) is 6.92 Å². The molecule has 0 aliphatic carbocycles. The van der Waals surface area contributed by atoms with Crippen LogP contribution in [0.3, 0.4) is 0 Å². The highest BCUT2D eigenvalue weighted by Crippen LogP contribution is 2.28. The molecule has 0 radical (unpaired) electrons. The third kappa shape index (κ3) is 5.03. The maximum Gasteiger partial charge on any atom is 0.277 e. The summed E-state index contributed by atoms with van der Waals surface area (Å²) in [5.74, 6) is 0.855. The van der Waals surface area contributed by atoms with E-state index in [0.29, 0.717) is 27.6 Å². The number of ether oxygens (including phenoxy) is 2. The second-order valence-corrected chi connectivity index (χ2v) is 7.08. The van der Waals surface area contributed by atoms with Gasteiger partial charge in [0.05, 0.1) is 17.3 Å². The fourth-order valence-corrected chi connectivity index (χ4v) is 3.42. The number of carbonyl (C=O) groups excluding carboxylic acids is 1. The fraction of sp³-hybridized carbons (Fsp3) is 0.143. The molecule has 0 saturated carbocycles. The van der Waals surface area contributed by atoms with Crippen molar-refractivity contribution in [2.24, 2.45) is 5.10 Å². The first-order valence-electron chi connectivity index (χ1n) is 8.62. The number of carbonyl (C=O) groups is 1. The average Bonchev–Trinajstić information content (AvgIpc) is 2.69. The maximum absolute atomic E-state index is 12.0. The molecular formula is C21H18BrClN2O3. The number of fused-ring (bicyclic) bond motifs is 1. The zero-order chi connectivity index (χ0) is 19.9. The van der Waals surface area contributed by atoms with Gasteiger partial charge in [0.15, 0.2) is 6.61 Å². The number of nitrogens with zero attached hydrogens (tertiary/aromatic N) is 1. The second-order valence-electron chi connectivity index (χ2n) is 5.79. The predicted molar refractivity (Wildman–Crippen MR) is 116 cm³/mol. The Balaban J connectivity index is 1.68. The van der Waals surface area contributed by atoms with Crippen LogP contribution in [0.25, 0.3) is 10.8 Å². The van der Waals surface area contributed by atoms with Crippen LogP contribution in [-0.2, 0) is 4.79 Å². The number of rotatable bonds is 7. The monoisotopic (exact) mass is 460 g/mol. The van der Waals surface area contributed by atoms with E-state index in [-0.39, 0.29) is 12.5 Å². The molecule has 1 N–H and O–H groups in total. The quantitative estimate of drug-likeness (QED) is 0.389. The van der Waals surface area contributed by atoms with Gasteiger partial charge in [0.2, 0.25) is 0 Å². The molecule has 0 bridgehead atoms. The van der Waals surface area contributed by atoms with E-state index in [4.69, 9.17) is 21.1 Å². The molecule has 0 spiro atoms. The summed E-state index contributed by atoms with van der Waals surface area (Å²) >= 11 is 9.23. The third-order valence-electron chi connectivity index (χ3n) is 3.87. The minimum absolute atomic E-state index is 0.175. The van der Waals surface area contributed by atoms with Crippen molar-refractivity contribution in [1.29, 1.82) is 0 Å². The summed E-state index contributed by atoms with van der Waals surface area (Å²) in [5, 5.41) is 6.70. The van der Waals surface area contributed by atoms with Gasteiger partial charge in [-0.3, -0.25) is 4.79 Å². The van der Waals surface area contributed by atoms with Crippen LogP contribution in [0.15, 0.2) is 64.2 Å². The average molecular weight is 462 g/mol. The number of hydrogen-bond acceptors (Lipinski definition) is 4. The summed E-state index contributed by atoms with van der Waals surface area (Å²) in [4.78, 5) is 12.0. The summed E-state index contributed by atoms with van der Waals surface area (Å²) in [5.41, 5.74) is 3.28. The number of benzene rings is 3. The van der Waals surface area contributed by atoms with E-state index in [0.717, 1.165) is 16.3 Å². The van der Waals surface area contributed by atoms with E-state index in [2.05, 4.69) is 26.5 Å². The highest BCUT2D eigenvalue weighted by atomic mass is 79.9. The van der Waals surface area contributed by atoms with Gasteiger partial charge >= 0.3 is 0 Å². The molecule has 0 fully saturated rings. The molecule has 0 saturated heterocycles. The fourth-order valence-electron chi connectivity index (χ4n) is 2.63. The molecule has 0 heterocycles. The van der Waals surface area contributed by atoms with Crippen LogP contribution < -0.4 is 14.9 Å². The van der Waals surface area contributed by atoms with Gasteiger partial charge < -0.3 is 9.47 Å². The minimum atomic E-state index is -0.378. The predicted octanol–water partition coefficient (Wildman–Crippen LogP) is 5.18. The van der Waals surface area contributed by atoms with Gasteiger partial charge in [-0.1, -0.05) is 41.9 Å². The Bertz CT molecular complexity index is 1020. The van der Waals surface area contributed by atoms with E-state index >= 15 is 0 Å². The van der Waals surface area contributed by atoms with Crippen LogP contribution in [0.5, 0.6) is 11.5 Å². The molecule has 0 unspecified atom stereocenters. The van der Waals surface area contributed by atoms with Crippen LogP contribution in [0.4, 0.5) is 0 Å². The van der Waals surface area contributed by atoms with Crippen LogP contribution >= 0.6 is 27.5 Å². The van der Waals surface area contributed by atoms with E-state index in [1.807, 2.05) is 43.3 Å². The van der Waals surface area contributed by atoms with E-state index in [1.165, 1.54) is 0 Å². The molecule has 7 heteroatoms. The first-order chi connectivity index (χ1) is 13.6. The first kappa shape index (κ1) is 20.2. The lowest BCUT2D eigenvalue weighted by Crippen LogP contribution is -2.24. The molecule has 0 aromatic heterocycles. The molecule has 28 heavy (non-hydrogen) atoms. The molecule has 144 valence electrons. The van der Waals surface area contributed by atoms with Gasteiger partial charge in [-0.2, -0.15) is 5.10 Å². The van der Waals surface area contributed by atoms with Gasteiger partial charge in [-0.25, -0.2) is 5.43 Å². The largest absolute Gasteiger partial charge is 0.493 e. The van der Waals surface area contributed by atoms with Crippen LogP contribution in [0, 0.1) is 0 Å². The van der Waals surface area contributed by atoms with Gasteiger partial charge in [0, 0.05) is 10.6 Å². The Kier molecular flexibility index (Phi) is 6.90. The normalized spacial score (nSPS) is 11.0. The molecular weight excluding hydrogens is 444 g/mol. The van der Waals surface area contributed by atoms with Crippen molar-refractivity contribution < 1.29 is 14.3 Å². The molecule has 3 rings (SSSR count). The van der Waals surface area contributed by atoms with Gasteiger partial charge in [-0.15, -0.1) is 0 Å². The first-order valence-corrected chi connectivity index (χ1v) is 9.80. The van der Waals surface area contributed by atoms with Crippen molar-refractivity contribution in [2.75, 3.05) is 13.2 Å². The number of amides is 1. The smallest absolute Gasteiger partial charge is 0.277 e. The topological polar surface area (TPSA) is 59.9 Å². The van der Waals surface area contributed by atoms with Crippen LogP contribution in [0.2, 0.25) is 5.02 Å².